The molecule has 0 aromatic rings. The second-order valence-electron chi connectivity index (χ2n) is 6.95. The van der Waals surface area contributed by atoms with Crippen molar-refractivity contribution >= 4 is 0 Å². The summed E-state index contributed by atoms with van der Waals surface area (Å²) in [7, 11) is 0. The molecule has 2 rings (SSSR count). The molecule has 0 radical (unpaired) electrons. The predicted octanol–water partition coefficient (Wildman–Crippen LogP) is 3.65. The summed E-state index contributed by atoms with van der Waals surface area (Å²) < 4.78 is 10.6. The summed E-state index contributed by atoms with van der Waals surface area (Å²) in [5.41, 5.74) is 6.15. The maximum atomic E-state index is 6.12. The van der Waals surface area contributed by atoms with Crippen LogP contribution in [0.15, 0.2) is 0 Å². The zero-order valence-corrected chi connectivity index (χ0v) is 13.1. The van der Waals surface area contributed by atoms with E-state index in [9.17, 15) is 0 Å². The molecule has 1 atom stereocenters. The van der Waals surface area contributed by atoms with Gasteiger partial charge in [-0.15, -0.1) is 0 Å². The highest BCUT2D eigenvalue weighted by Crippen LogP contribution is 2.22. The lowest BCUT2D eigenvalue weighted by atomic mass is 9.91. The van der Waals surface area contributed by atoms with E-state index >= 15 is 0 Å². The molecular weight excluding hydrogens is 250 g/mol. The average molecular weight is 283 g/mol. The summed E-state index contributed by atoms with van der Waals surface area (Å²) >= 11 is 0. The summed E-state index contributed by atoms with van der Waals surface area (Å²) in [6.45, 7) is 3.58. The van der Waals surface area contributed by atoms with Crippen LogP contribution in [0.2, 0.25) is 0 Å². The summed E-state index contributed by atoms with van der Waals surface area (Å²) in [6.07, 6.45) is 14.9. The number of hydrogen-bond acceptors (Lipinski definition) is 3. The van der Waals surface area contributed by atoms with Crippen molar-refractivity contribution in [1.29, 1.82) is 0 Å². The van der Waals surface area contributed by atoms with Crippen LogP contribution in [0, 0.1) is 5.92 Å². The van der Waals surface area contributed by atoms with E-state index in [-0.39, 0.29) is 5.54 Å². The maximum absolute atomic E-state index is 6.12. The molecule has 118 valence electrons. The molecule has 0 aliphatic carbocycles. The summed E-state index contributed by atoms with van der Waals surface area (Å²) in [4.78, 5) is 0. The molecular formula is C17H33NO2. The minimum Gasteiger partial charge on any atom is -0.381 e. The monoisotopic (exact) mass is 283 g/mol. The fourth-order valence-electron chi connectivity index (χ4n) is 3.29. The van der Waals surface area contributed by atoms with E-state index in [1.165, 1.54) is 64.2 Å². The zero-order valence-electron chi connectivity index (χ0n) is 13.1. The topological polar surface area (TPSA) is 44.5 Å². The van der Waals surface area contributed by atoms with Crippen molar-refractivity contribution in [2.24, 2.45) is 11.7 Å². The molecule has 2 fully saturated rings. The zero-order chi connectivity index (χ0) is 14.1. The first-order valence-corrected chi connectivity index (χ1v) is 8.73. The molecule has 0 amide bonds. The van der Waals surface area contributed by atoms with Gasteiger partial charge >= 0.3 is 0 Å². The SMILES string of the molecule is NC1(CCCCCCCCCCC2CCOC2)COC1. The summed E-state index contributed by atoms with van der Waals surface area (Å²) in [5.74, 6) is 0.870. The van der Waals surface area contributed by atoms with Crippen molar-refractivity contribution in [3.05, 3.63) is 0 Å². The van der Waals surface area contributed by atoms with Gasteiger partial charge in [-0.3, -0.25) is 0 Å². The van der Waals surface area contributed by atoms with E-state index in [1.807, 2.05) is 0 Å². The second-order valence-corrected chi connectivity index (χ2v) is 6.95. The highest BCUT2D eigenvalue weighted by atomic mass is 16.5. The first kappa shape index (κ1) is 16.3. The Morgan fingerprint density at radius 3 is 2.05 bits per heavy atom. The Labute approximate surface area is 124 Å². The Bertz CT molecular complexity index is 247. The largest absolute Gasteiger partial charge is 0.381 e. The fraction of sp³-hybridized carbons (Fsp3) is 1.00. The molecule has 0 saturated carbocycles. The Balaban J connectivity index is 1.28. The van der Waals surface area contributed by atoms with Gasteiger partial charge in [0.15, 0.2) is 0 Å². The van der Waals surface area contributed by atoms with Crippen LogP contribution >= 0.6 is 0 Å². The minimum absolute atomic E-state index is 0.0317. The van der Waals surface area contributed by atoms with Gasteiger partial charge in [0.25, 0.3) is 0 Å². The third-order valence-electron chi connectivity index (χ3n) is 4.84. The van der Waals surface area contributed by atoms with E-state index < -0.39 is 0 Å². The molecule has 3 nitrogen and oxygen atoms in total. The highest BCUT2D eigenvalue weighted by Gasteiger charge is 2.32. The van der Waals surface area contributed by atoms with Crippen LogP contribution in [0.4, 0.5) is 0 Å². The number of rotatable bonds is 11. The molecule has 1 unspecified atom stereocenters. The van der Waals surface area contributed by atoms with Gasteiger partial charge in [-0.25, -0.2) is 0 Å². The third-order valence-corrected chi connectivity index (χ3v) is 4.84. The minimum atomic E-state index is 0.0317. The van der Waals surface area contributed by atoms with Crippen molar-refractivity contribution in [2.75, 3.05) is 26.4 Å². The molecule has 0 bridgehead atoms. The molecule has 0 aromatic heterocycles. The standard InChI is InChI=1S/C17H33NO2/c18-17(14-20-15-17)11-8-6-4-2-1-3-5-7-9-16-10-12-19-13-16/h16H,1-15,18H2. The van der Waals surface area contributed by atoms with Crippen molar-refractivity contribution in [3.63, 3.8) is 0 Å². The Morgan fingerprint density at radius 1 is 0.850 bits per heavy atom. The molecule has 2 aliphatic rings. The second kappa shape index (κ2) is 9.01. The van der Waals surface area contributed by atoms with Gasteiger partial charge in [-0.1, -0.05) is 51.4 Å². The fourth-order valence-corrected chi connectivity index (χ4v) is 3.29. The Hall–Kier alpha value is -0.120. The van der Waals surface area contributed by atoms with Crippen LogP contribution in [0.1, 0.15) is 70.6 Å². The summed E-state index contributed by atoms with van der Waals surface area (Å²) in [5, 5.41) is 0. The number of hydrogen-bond donors (Lipinski definition) is 1. The van der Waals surface area contributed by atoms with Gasteiger partial charge in [0, 0.05) is 13.2 Å². The number of nitrogens with two attached hydrogens (primary N) is 1. The average Bonchev–Trinajstić information content (AvgIpc) is 2.92. The normalized spacial score (nSPS) is 24.8. The van der Waals surface area contributed by atoms with Crippen LogP contribution in [0.3, 0.4) is 0 Å². The van der Waals surface area contributed by atoms with Crippen molar-refractivity contribution in [3.8, 4) is 0 Å². The summed E-state index contributed by atoms with van der Waals surface area (Å²) in [6, 6.07) is 0. The lowest BCUT2D eigenvalue weighted by Crippen LogP contribution is -2.57. The molecule has 0 aromatic carbocycles. The first-order valence-electron chi connectivity index (χ1n) is 8.73. The van der Waals surface area contributed by atoms with Crippen LogP contribution in [0.5, 0.6) is 0 Å². The first-order chi connectivity index (χ1) is 9.79. The molecule has 2 saturated heterocycles. The highest BCUT2D eigenvalue weighted by molar-refractivity contribution is 4.90. The number of ether oxygens (including phenoxy) is 2. The van der Waals surface area contributed by atoms with Gasteiger partial charge in [0.2, 0.25) is 0 Å². The molecule has 20 heavy (non-hydrogen) atoms. The van der Waals surface area contributed by atoms with Crippen LogP contribution < -0.4 is 5.73 Å². The van der Waals surface area contributed by atoms with Crippen molar-refractivity contribution in [1.82, 2.24) is 0 Å². The van der Waals surface area contributed by atoms with E-state index in [0.717, 1.165) is 38.8 Å². The Morgan fingerprint density at radius 2 is 1.50 bits per heavy atom. The van der Waals surface area contributed by atoms with Crippen LogP contribution in [0.25, 0.3) is 0 Å². The van der Waals surface area contributed by atoms with E-state index in [0.29, 0.717) is 0 Å². The maximum Gasteiger partial charge on any atom is 0.0669 e. The Kier molecular flexibility index (Phi) is 7.32. The van der Waals surface area contributed by atoms with Crippen LogP contribution in [-0.2, 0) is 9.47 Å². The third kappa shape index (κ3) is 6.11. The molecule has 2 N–H and O–H groups in total. The smallest absolute Gasteiger partial charge is 0.0669 e. The van der Waals surface area contributed by atoms with E-state index in [4.69, 9.17) is 15.2 Å². The molecule has 2 heterocycles. The lowest BCUT2D eigenvalue weighted by Gasteiger charge is -2.37. The van der Waals surface area contributed by atoms with Gasteiger partial charge in [-0.2, -0.15) is 0 Å². The van der Waals surface area contributed by atoms with Gasteiger partial charge in [0.1, 0.15) is 0 Å². The lowest BCUT2D eigenvalue weighted by molar-refractivity contribution is -0.0582. The molecule has 2 aliphatic heterocycles. The van der Waals surface area contributed by atoms with E-state index in [1.54, 1.807) is 0 Å². The van der Waals surface area contributed by atoms with Crippen LogP contribution in [-0.4, -0.2) is 32.0 Å². The van der Waals surface area contributed by atoms with E-state index in [2.05, 4.69) is 0 Å². The molecule has 3 heteroatoms. The van der Waals surface area contributed by atoms with Crippen molar-refractivity contribution in [2.45, 2.75) is 76.2 Å². The predicted molar refractivity (Wildman–Crippen MR) is 82.8 cm³/mol. The van der Waals surface area contributed by atoms with Gasteiger partial charge in [0.05, 0.1) is 18.8 Å². The number of unbranched alkanes of at least 4 members (excludes halogenated alkanes) is 7. The quantitative estimate of drug-likeness (QED) is 0.589. The van der Waals surface area contributed by atoms with Crippen molar-refractivity contribution < 1.29 is 9.47 Å². The van der Waals surface area contributed by atoms with Gasteiger partial charge < -0.3 is 15.2 Å². The van der Waals surface area contributed by atoms with Gasteiger partial charge in [-0.05, 0) is 25.2 Å². The molecule has 0 spiro atoms.